The number of hydrogen-bond acceptors (Lipinski definition) is 3. The van der Waals surface area contributed by atoms with Gasteiger partial charge in [-0.1, -0.05) is 13.3 Å². The number of ether oxygens (including phenoxy) is 1. The maximum atomic E-state index is 12.9. The average Bonchev–Trinajstić information content (AvgIpc) is 2.46. The summed E-state index contributed by atoms with van der Waals surface area (Å²) in [6.07, 6.45) is 1.99. The first-order valence-corrected chi connectivity index (χ1v) is 6.57. The van der Waals surface area contributed by atoms with E-state index in [2.05, 4.69) is 12.2 Å². The fraction of sp³-hybridized carbons (Fsp3) is 0.500. The summed E-state index contributed by atoms with van der Waals surface area (Å²) in [6, 6.07) is 6.37. The molecule has 0 aliphatic carbocycles. The number of hydrogen-bond donors (Lipinski definition) is 2. The number of carbonyl (C=O) groups excluding carboxylic acids is 1. The number of alkyl halides is 2. The maximum Gasteiger partial charge on any atom is 0.277 e. The molecule has 1 aromatic rings. The average molecular weight is 323 g/mol. The first kappa shape index (κ1) is 19.6. The van der Waals surface area contributed by atoms with E-state index in [0.29, 0.717) is 17.9 Å². The Labute approximate surface area is 129 Å². The van der Waals surface area contributed by atoms with Crippen LogP contribution in [0.25, 0.3) is 0 Å². The van der Waals surface area contributed by atoms with Crippen molar-refractivity contribution in [2.24, 2.45) is 5.73 Å². The molecule has 0 saturated heterocycles. The first-order chi connectivity index (χ1) is 9.48. The lowest BCUT2D eigenvalue weighted by atomic mass is 10.2. The Hall–Kier alpha value is -1.40. The highest BCUT2D eigenvalue weighted by atomic mass is 35.5. The molecular weight excluding hydrogens is 302 g/mol. The van der Waals surface area contributed by atoms with E-state index in [-0.39, 0.29) is 12.4 Å². The van der Waals surface area contributed by atoms with Crippen LogP contribution in [0.2, 0.25) is 0 Å². The third-order valence-electron chi connectivity index (χ3n) is 2.69. The zero-order chi connectivity index (χ0) is 15.0. The zero-order valence-corrected chi connectivity index (χ0v) is 12.7. The molecule has 1 amide bonds. The van der Waals surface area contributed by atoms with Crippen LogP contribution in [-0.2, 0) is 0 Å². The minimum atomic E-state index is -3.08. The van der Waals surface area contributed by atoms with Crippen molar-refractivity contribution in [1.82, 2.24) is 5.32 Å². The van der Waals surface area contributed by atoms with Crippen LogP contribution in [-0.4, -0.2) is 31.5 Å². The summed E-state index contributed by atoms with van der Waals surface area (Å²) in [6.45, 7) is 1.12. The molecule has 0 heterocycles. The summed E-state index contributed by atoms with van der Waals surface area (Å²) in [5.74, 6) is -2.99. The highest BCUT2D eigenvalue weighted by molar-refractivity contribution is 5.94. The topological polar surface area (TPSA) is 64.3 Å². The first-order valence-electron chi connectivity index (χ1n) is 6.57. The second-order valence-electron chi connectivity index (χ2n) is 4.47. The van der Waals surface area contributed by atoms with E-state index >= 15 is 0 Å². The molecule has 0 fully saturated rings. The van der Waals surface area contributed by atoms with E-state index in [1.165, 1.54) is 12.1 Å². The Bertz CT molecular complexity index is 427. The van der Waals surface area contributed by atoms with Gasteiger partial charge in [-0.2, -0.15) is 0 Å². The number of amides is 1. The zero-order valence-electron chi connectivity index (χ0n) is 11.9. The highest BCUT2D eigenvalue weighted by Crippen LogP contribution is 2.13. The number of benzene rings is 1. The van der Waals surface area contributed by atoms with Crippen LogP contribution in [0.15, 0.2) is 24.3 Å². The van der Waals surface area contributed by atoms with Crippen LogP contribution < -0.4 is 15.8 Å². The molecule has 0 saturated carbocycles. The molecule has 4 nitrogen and oxygen atoms in total. The lowest BCUT2D eigenvalue weighted by molar-refractivity contribution is 0.0118. The van der Waals surface area contributed by atoms with Crippen LogP contribution in [0.3, 0.4) is 0 Å². The monoisotopic (exact) mass is 322 g/mol. The third-order valence-corrected chi connectivity index (χ3v) is 2.69. The predicted octanol–water partition coefficient (Wildman–Crippen LogP) is 2.61. The summed E-state index contributed by atoms with van der Waals surface area (Å²) >= 11 is 0. The normalized spacial score (nSPS) is 10.7. The van der Waals surface area contributed by atoms with Crippen molar-refractivity contribution in [3.63, 3.8) is 0 Å². The highest BCUT2D eigenvalue weighted by Gasteiger charge is 2.27. The summed E-state index contributed by atoms with van der Waals surface area (Å²) < 4.78 is 31.3. The van der Waals surface area contributed by atoms with Crippen molar-refractivity contribution in [3.05, 3.63) is 29.8 Å². The number of rotatable bonds is 8. The Morgan fingerprint density at radius 3 is 2.48 bits per heavy atom. The van der Waals surface area contributed by atoms with Crippen LogP contribution in [0.1, 0.15) is 30.1 Å². The van der Waals surface area contributed by atoms with E-state index in [1.54, 1.807) is 12.1 Å². The van der Waals surface area contributed by atoms with Crippen molar-refractivity contribution in [1.29, 1.82) is 0 Å². The second kappa shape index (κ2) is 9.52. The fourth-order valence-electron chi connectivity index (χ4n) is 1.42. The minimum absolute atomic E-state index is 0. The van der Waals surface area contributed by atoms with Gasteiger partial charge in [0.25, 0.3) is 11.8 Å². The Kier molecular flexibility index (Phi) is 8.89. The molecule has 0 aromatic heterocycles. The fourth-order valence-corrected chi connectivity index (χ4v) is 1.42. The number of nitrogens with two attached hydrogens (primary N) is 1. The van der Waals surface area contributed by atoms with Crippen molar-refractivity contribution in [2.75, 3.05) is 19.7 Å². The molecule has 0 atom stereocenters. The predicted molar refractivity (Wildman–Crippen MR) is 80.4 cm³/mol. The van der Waals surface area contributed by atoms with E-state index < -0.39 is 24.9 Å². The summed E-state index contributed by atoms with van der Waals surface area (Å²) in [5, 5.41) is 2.15. The van der Waals surface area contributed by atoms with Crippen molar-refractivity contribution in [2.45, 2.75) is 25.7 Å². The molecule has 0 unspecified atom stereocenters. The number of unbranched alkanes of at least 4 members (excludes halogenated alkanes) is 1. The number of halogens is 3. The van der Waals surface area contributed by atoms with Gasteiger partial charge in [-0.3, -0.25) is 4.79 Å². The van der Waals surface area contributed by atoms with E-state index in [1.807, 2.05) is 0 Å². The molecule has 0 radical (unpaired) electrons. The van der Waals surface area contributed by atoms with Crippen LogP contribution in [0, 0.1) is 0 Å². The van der Waals surface area contributed by atoms with Gasteiger partial charge in [0.1, 0.15) is 5.75 Å². The van der Waals surface area contributed by atoms with Crippen molar-refractivity contribution >= 4 is 18.3 Å². The van der Waals surface area contributed by atoms with Gasteiger partial charge < -0.3 is 15.8 Å². The molecule has 0 bridgehead atoms. The summed E-state index contributed by atoms with van der Waals surface area (Å²) in [7, 11) is 0. The molecule has 7 heteroatoms. The van der Waals surface area contributed by atoms with Gasteiger partial charge in [0, 0.05) is 5.56 Å². The number of nitrogens with one attached hydrogen (secondary N) is 1. The van der Waals surface area contributed by atoms with Crippen molar-refractivity contribution in [3.8, 4) is 5.75 Å². The summed E-state index contributed by atoms with van der Waals surface area (Å²) in [4.78, 5) is 11.7. The molecule has 0 spiro atoms. The van der Waals surface area contributed by atoms with E-state index in [0.717, 1.165) is 12.8 Å². The quantitative estimate of drug-likeness (QED) is 0.723. The van der Waals surface area contributed by atoms with Crippen molar-refractivity contribution < 1.29 is 18.3 Å². The molecule has 21 heavy (non-hydrogen) atoms. The molecule has 3 N–H and O–H groups in total. The minimum Gasteiger partial charge on any atom is -0.494 e. The molecular formula is C14H21ClF2N2O2. The summed E-state index contributed by atoms with van der Waals surface area (Å²) in [5.41, 5.74) is 5.20. The van der Waals surface area contributed by atoms with E-state index in [4.69, 9.17) is 10.5 Å². The Morgan fingerprint density at radius 2 is 1.95 bits per heavy atom. The Balaban J connectivity index is 0.00000400. The third kappa shape index (κ3) is 7.24. The standard InChI is InChI=1S/C14H20F2N2O2.ClH/c1-2-3-8-20-12-6-4-11(5-7-12)13(19)18-10-14(15,16)9-17;/h4-7H,2-3,8-10,17H2,1H3,(H,18,19);1H. The largest absolute Gasteiger partial charge is 0.494 e. The van der Waals surface area contributed by atoms with Gasteiger partial charge in [0.05, 0.1) is 19.7 Å². The number of carbonyl (C=O) groups is 1. The second-order valence-corrected chi connectivity index (χ2v) is 4.47. The lowest BCUT2D eigenvalue weighted by Crippen LogP contribution is -2.41. The Morgan fingerprint density at radius 1 is 1.33 bits per heavy atom. The van der Waals surface area contributed by atoms with E-state index in [9.17, 15) is 13.6 Å². The van der Waals surface area contributed by atoms with Gasteiger partial charge in [-0.25, -0.2) is 8.78 Å². The van der Waals surface area contributed by atoms with Gasteiger partial charge in [-0.15, -0.1) is 12.4 Å². The lowest BCUT2D eigenvalue weighted by Gasteiger charge is -2.14. The molecule has 0 aliphatic rings. The molecule has 0 aliphatic heterocycles. The van der Waals surface area contributed by atoms with Crippen LogP contribution in [0.5, 0.6) is 5.75 Å². The van der Waals surface area contributed by atoms with Crippen LogP contribution >= 0.6 is 12.4 Å². The molecule has 1 rings (SSSR count). The molecule has 120 valence electrons. The van der Waals surface area contributed by atoms with Gasteiger partial charge in [0.15, 0.2) is 0 Å². The van der Waals surface area contributed by atoms with Gasteiger partial charge in [0.2, 0.25) is 0 Å². The SMILES string of the molecule is CCCCOc1ccc(C(=O)NCC(F)(F)CN)cc1.Cl. The van der Waals surface area contributed by atoms with Crippen LogP contribution in [0.4, 0.5) is 8.78 Å². The van der Waals surface area contributed by atoms with Gasteiger partial charge >= 0.3 is 0 Å². The molecule has 1 aromatic carbocycles. The smallest absolute Gasteiger partial charge is 0.277 e. The van der Waals surface area contributed by atoms with Gasteiger partial charge in [-0.05, 0) is 30.7 Å². The maximum absolute atomic E-state index is 12.9.